The fraction of sp³-hybridized carbons (Fsp3) is 0.923. The highest BCUT2D eigenvalue weighted by Gasteiger charge is 2.22. The van der Waals surface area contributed by atoms with Gasteiger partial charge in [0.1, 0.15) is 0 Å². The van der Waals surface area contributed by atoms with E-state index in [2.05, 4.69) is 24.1 Å². The summed E-state index contributed by atoms with van der Waals surface area (Å²) in [6.07, 6.45) is 2.10. The predicted octanol–water partition coefficient (Wildman–Crippen LogP) is 2.19. The molecule has 1 atom stereocenters. The average Bonchev–Trinajstić information content (AvgIpc) is 2.23. The molecular weight excluding hydrogens is 285 g/mol. The molecule has 3 N–H and O–H groups in total. The number of amides is 1. The van der Waals surface area contributed by atoms with E-state index in [1.54, 1.807) is 13.8 Å². The summed E-state index contributed by atoms with van der Waals surface area (Å²) < 4.78 is 0. The number of nitrogens with zero attached hydrogens (tertiary/aromatic N) is 1. The standard InChI is InChI=1S/C13H29N3O.2ClH/c1-6-16(7-2)10-8-9-11(3)15-12(17)13(4,5)14;;/h11H,6-10,14H2,1-5H3,(H,15,17);2*1H. The summed E-state index contributed by atoms with van der Waals surface area (Å²) in [4.78, 5) is 14.0. The van der Waals surface area contributed by atoms with Crippen molar-refractivity contribution >= 4 is 30.7 Å². The Kier molecular flexibility index (Phi) is 14.9. The van der Waals surface area contributed by atoms with Crippen LogP contribution in [0.1, 0.15) is 47.5 Å². The van der Waals surface area contributed by atoms with Crippen LogP contribution >= 0.6 is 24.8 Å². The number of rotatable bonds is 8. The van der Waals surface area contributed by atoms with Gasteiger partial charge in [0.15, 0.2) is 0 Å². The number of carbonyl (C=O) groups excluding carboxylic acids is 1. The largest absolute Gasteiger partial charge is 0.352 e. The van der Waals surface area contributed by atoms with Gasteiger partial charge < -0.3 is 16.0 Å². The molecular formula is C13H31Cl2N3O. The lowest BCUT2D eigenvalue weighted by molar-refractivity contribution is -0.125. The summed E-state index contributed by atoms with van der Waals surface area (Å²) in [7, 11) is 0. The number of carbonyl (C=O) groups is 1. The third kappa shape index (κ3) is 11.5. The van der Waals surface area contributed by atoms with Crippen LogP contribution in [0.5, 0.6) is 0 Å². The van der Waals surface area contributed by atoms with Crippen molar-refractivity contribution in [3.05, 3.63) is 0 Å². The minimum absolute atomic E-state index is 0. The fourth-order valence-electron chi connectivity index (χ4n) is 1.64. The Morgan fingerprint density at radius 3 is 2.11 bits per heavy atom. The van der Waals surface area contributed by atoms with Crippen LogP contribution in [0.15, 0.2) is 0 Å². The Hall–Kier alpha value is -0.0300. The predicted molar refractivity (Wildman–Crippen MR) is 87.4 cm³/mol. The Morgan fingerprint density at radius 2 is 1.74 bits per heavy atom. The molecule has 0 heterocycles. The van der Waals surface area contributed by atoms with Crippen LogP contribution in [0.25, 0.3) is 0 Å². The highest BCUT2D eigenvalue weighted by molar-refractivity contribution is 5.86. The third-order valence-electron chi connectivity index (χ3n) is 2.97. The van der Waals surface area contributed by atoms with Gasteiger partial charge in [-0.05, 0) is 53.2 Å². The second-order valence-corrected chi connectivity index (χ2v) is 5.27. The number of halogens is 2. The van der Waals surface area contributed by atoms with Crippen molar-refractivity contribution in [3.8, 4) is 0 Å². The van der Waals surface area contributed by atoms with E-state index in [4.69, 9.17) is 5.73 Å². The zero-order valence-corrected chi connectivity index (χ0v) is 14.5. The normalized spacial score (nSPS) is 12.4. The van der Waals surface area contributed by atoms with Gasteiger partial charge >= 0.3 is 0 Å². The maximum atomic E-state index is 11.6. The van der Waals surface area contributed by atoms with Crippen LogP contribution in [-0.2, 0) is 4.79 Å². The molecule has 0 fully saturated rings. The monoisotopic (exact) mass is 315 g/mol. The fourth-order valence-corrected chi connectivity index (χ4v) is 1.64. The number of hydrogen-bond donors (Lipinski definition) is 2. The number of nitrogens with two attached hydrogens (primary N) is 1. The molecule has 1 unspecified atom stereocenters. The van der Waals surface area contributed by atoms with Crippen molar-refractivity contribution < 1.29 is 4.79 Å². The lowest BCUT2D eigenvalue weighted by atomic mass is 10.1. The Morgan fingerprint density at radius 1 is 1.26 bits per heavy atom. The van der Waals surface area contributed by atoms with Gasteiger partial charge in [0.2, 0.25) is 5.91 Å². The second kappa shape index (κ2) is 11.8. The molecule has 0 aliphatic carbocycles. The summed E-state index contributed by atoms with van der Waals surface area (Å²) in [6.45, 7) is 13.1. The first kappa shape index (κ1) is 24.0. The molecule has 0 aliphatic heterocycles. The maximum Gasteiger partial charge on any atom is 0.239 e. The molecule has 0 bridgehead atoms. The van der Waals surface area contributed by atoms with Crippen LogP contribution in [0, 0.1) is 0 Å². The zero-order valence-electron chi connectivity index (χ0n) is 12.9. The first-order chi connectivity index (χ1) is 7.81. The van der Waals surface area contributed by atoms with Crippen molar-refractivity contribution in [2.45, 2.75) is 59.0 Å². The summed E-state index contributed by atoms with van der Waals surface area (Å²) in [5.74, 6) is -0.0761. The van der Waals surface area contributed by atoms with Crippen LogP contribution in [0.3, 0.4) is 0 Å². The van der Waals surface area contributed by atoms with Gasteiger partial charge in [-0.25, -0.2) is 0 Å². The first-order valence-electron chi connectivity index (χ1n) is 6.63. The van der Waals surface area contributed by atoms with E-state index in [1.807, 2.05) is 6.92 Å². The summed E-state index contributed by atoms with van der Waals surface area (Å²) >= 11 is 0. The van der Waals surface area contributed by atoms with E-state index in [0.717, 1.165) is 32.5 Å². The van der Waals surface area contributed by atoms with E-state index in [0.29, 0.717) is 0 Å². The lowest BCUT2D eigenvalue weighted by Gasteiger charge is -2.23. The summed E-state index contributed by atoms with van der Waals surface area (Å²) in [6, 6.07) is 0.195. The quantitative estimate of drug-likeness (QED) is 0.722. The molecule has 0 aromatic heterocycles. The Labute approximate surface area is 130 Å². The molecule has 0 aromatic carbocycles. The smallest absolute Gasteiger partial charge is 0.239 e. The van der Waals surface area contributed by atoms with E-state index < -0.39 is 5.54 Å². The van der Waals surface area contributed by atoms with Gasteiger partial charge in [0, 0.05) is 6.04 Å². The van der Waals surface area contributed by atoms with Crippen LogP contribution in [0.2, 0.25) is 0 Å². The van der Waals surface area contributed by atoms with Crippen LogP contribution < -0.4 is 11.1 Å². The van der Waals surface area contributed by atoms with Gasteiger partial charge in [-0.2, -0.15) is 0 Å². The van der Waals surface area contributed by atoms with Crippen LogP contribution in [0.4, 0.5) is 0 Å². The molecule has 0 saturated carbocycles. The van der Waals surface area contributed by atoms with Gasteiger partial charge in [-0.15, -0.1) is 24.8 Å². The zero-order chi connectivity index (χ0) is 13.5. The van der Waals surface area contributed by atoms with E-state index in [1.165, 1.54) is 0 Å². The van der Waals surface area contributed by atoms with E-state index in [-0.39, 0.29) is 36.8 Å². The highest BCUT2D eigenvalue weighted by atomic mass is 35.5. The molecule has 6 heteroatoms. The van der Waals surface area contributed by atoms with Crippen molar-refractivity contribution in [1.82, 2.24) is 10.2 Å². The van der Waals surface area contributed by atoms with Gasteiger partial charge in [0.25, 0.3) is 0 Å². The van der Waals surface area contributed by atoms with E-state index >= 15 is 0 Å². The second-order valence-electron chi connectivity index (χ2n) is 5.27. The number of hydrogen-bond acceptors (Lipinski definition) is 3. The minimum Gasteiger partial charge on any atom is -0.352 e. The summed E-state index contributed by atoms with van der Waals surface area (Å²) in [5, 5.41) is 2.95. The third-order valence-corrected chi connectivity index (χ3v) is 2.97. The molecule has 1 amide bonds. The topological polar surface area (TPSA) is 58.4 Å². The average molecular weight is 316 g/mol. The summed E-state index contributed by atoms with van der Waals surface area (Å²) in [5.41, 5.74) is 4.94. The van der Waals surface area contributed by atoms with Crippen molar-refractivity contribution in [2.24, 2.45) is 5.73 Å². The number of nitrogens with one attached hydrogen (secondary N) is 1. The van der Waals surface area contributed by atoms with Gasteiger partial charge in [-0.1, -0.05) is 13.8 Å². The molecule has 0 aromatic rings. The molecule has 0 aliphatic rings. The molecule has 0 radical (unpaired) electrons. The van der Waals surface area contributed by atoms with E-state index in [9.17, 15) is 4.79 Å². The Balaban J connectivity index is -0.00000128. The SMILES string of the molecule is CCN(CC)CCCC(C)NC(=O)C(C)(C)N.Cl.Cl. The van der Waals surface area contributed by atoms with Crippen LogP contribution in [-0.4, -0.2) is 42.0 Å². The van der Waals surface area contributed by atoms with Crippen molar-refractivity contribution in [3.63, 3.8) is 0 Å². The molecule has 0 spiro atoms. The maximum absolute atomic E-state index is 11.6. The lowest BCUT2D eigenvalue weighted by Crippen LogP contribution is -2.51. The first-order valence-corrected chi connectivity index (χ1v) is 6.63. The molecule has 19 heavy (non-hydrogen) atoms. The minimum atomic E-state index is -0.785. The highest BCUT2D eigenvalue weighted by Crippen LogP contribution is 2.02. The molecule has 118 valence electrons. The van der Waals surface area contributed by atoms with Crippen molar-refractivity contribution in [1.29, 1.82) is 0 Å². The Bertz CT molecular complexity index is 228. The van der Waals surface area contributed by atoms with Crippen molar-refractivity contribution in [2.75, 3.05) is 19.6 Å². The molecule has 0 rings (SSSR count). The molecule has 0 saturated heterocycles. The molecule has 4 nitrogen and oxygen atoms in total. The van der Waals surface area contributed by atoms with Gasteiger partial charge in [0.05, 0.1) is 5.54 Å². The van der Waals surface area contributed by atoms with Gasteiger partial charge in [-0.3, -0.25) is 4.79 Å².